The Morgan fingerprint density at radius 2 is 1.69 bits per heavy atom. The highest BCUT2D eigenvalue weighted by Gasteiger charge is 2.18. The fourth-order valence-electron chi connectivity index (χ4n) is 3.86. The van der Waals surface area contributed by atoms with Crippen LogP contribution in [0.25, 0.3) is 11.1 Å². The summed E-state index contributed by atoms with van der Waals surface area (Å²) in [6, 6.07) is 12.7. The first-order valence-corrected chi connectivity index (χ1v) is 10.7. The molecule has 26 heavy (non-hydrogen) atoms. The van der Waals surface area contributed by atoms with E-state index in [1.54, 1.807) is 18.2 Å². The molecule has 0 heterocycles. The summed E-state index contributed by atoms with van der Waals surface area (Å²) in [7, 11) is 0. The molecule has 1 aliphatic carbocycles. The molecule has 0 radical (unpaired) electrons. The van der Waals surface area contributed by atoms with Crippen molar-refractivity contribution >= 4 is 27.1 Å². The number of allylic oxidation sites excluding steroid dienone is 2. The second kappa shape index (κ2) is 9.36. The van der Waals surface area contributed by atoms with Crippen molar-refractivity contribution in [3.8, 4) is 5.75 Å². The molecular formula is C23H26BrFO. The van der Waals surface area contributed by atoms with E-state index in [0.29, 0.717) is 5.75 Å². The molecular weight excluding hydrogens is 391 g/mol. The number of fused-ring (bicyclic) bond motifs is 1. The predicted molar refractivity (Wildman–Crippen MR) is 111 cm³/mol. The molecule has 0 saturated carbocycles. The zero-order chi connectivity index (χ0) is 18.4. The Kier molecular flexibility index (Phi) is 6.90. The number of hydrogen-bond acceptors (Lipinski definition) is 1. The molecule has 0 saturated heterocycles. The lowest BCUT2D eigenvalue weighted by Gasteiger charge is -2.16. The van der Waals surface area contributed by atoms with Gasteiger partial charge in [-0.25, -0.2) is 4.39 Å². The molecule has 0 atom stereocenters. The Morgan fingerprint density at radius 3 is 2.46 bits per heavy atom. The zero-order valence-corrected chi connectivity index (χ0v) is 16.7. The van der Waals surface area contributed by atoms with Crippen LogP contribution in [0, 0.1) is 5.82 Å². The number of aromatic hydroxyl groups is 1. The van der Waals surface area contributed by atoms with Crippen LogP contribution in [0.1, 0.15) is 61.6 Å². The lowest BCUT2D eigenvalue weighted by Crippen LogP contribution is -1.95. The van der Waals surface area contributed by atoms with Gasteiger partial charge in [0.15, 0.2) is 0 Å². The average Bonchev–Trinajstić information content (AvgIpc) is 2.81. The van der Waals surface area contributed by atoms with E-state index in [4.69, 9.17) is 0 Å². The number of alkyl halides is 1. The molecule has 1 aliphatic rings. The summed E-state index contributed by atoms with van der Waals surface area (Å²) in [5.74, 6) is 0.148. The molecule has 0 aromatic heterocycles. The second-order valence-corrected chi connectivity index (χ2v) is 7.81. The summed E-state index contributed by atoms with van der Waals surface area (Å²) < 4.78 is 13.4. The molecule has 0 amide bonds. The first-order valence-electron chi connectivity index (χ1n) is 9.55. The van der Waals surface area contributed by atoms with Gasteiger partial charge in [-0.1, -0.05) is 47.0 Å². The van der Waals surface area contributed by atoms with E-state index in [1.807, 2.05) is 18.2 Å². The summed E-state index contributed by atoms with van der Waals surface area (Å²) in [4.78, 5) is 0. The van der Waals surface area contributed by atoms with Crippen LogP contribution in [0.5, 0.6) is 5.75 Å². The number of halogens is 2. The van der Waals surface area contributed by atoms with E-state index in [2.05, 4.69) is 22.0 Å². The third kappa shape index (κ3) is 4.76. The molecule has 1 nitrogen and oxygen atoms in total. The molecule has 0 unspecified atom stereocenters. The molecule has 0 bridgehead atoms. The van der Waals surface area contributed by atoms with Gasteiger partial charge in [0.25, 0.3) is 0 Å². The first-order chi connectivity index (χ1) is 12.7. The van der Waals surface area contributed by atoms with E-state index in [-0.39, 0.29) is 5.82 Å². The lowest BCUT2D eigenvalue weighted by atomic mass is 9.89. The van der Waals surface area contributed by atoms with Crippen LogP contribution in [0.15, 0.2) is 42.5 Å². The molecule has 2 aromatic rings. The summed E-state index contributed by atoms with van der Waals surface area (Å²) >= 11 is 3.50. The minimum absolute atomic E-state index is 0.190. The van der Waals surface area contributed by atoms with Gasteiger partial charge in [0.2, 0.25) is 0 Å². The van der Waals surface area contributed by atoms with Crippen LogP contribution in [0.2, 0.25) is 0 Å². The second-order valence-electron chi connectivity index (χ2n) is 7.01. The standard InChI is InChI=1S/C23H26BrFO/c24-15-4-2-1-3-7-23-21(17-9-11-19(25)12-10-17)8-5-6-18-16-20(26)13-14-22(18)23/h9-14,16,26H,1-8,15H2. The highest BCUT2D eigenvalue weighted by molar-refractivity contribution is 9.09. The normalized spacial score (nSPS) is 14.2. The number of aryl methyl sites for hydroxylation is 1. The van der Waals surface area contributed by atoms with E-state index < -0.39 is 0 Å². The van der Waals surface area contributed by atoms with Crippen LogP contribution in [-0.2, 0) is 6.42 Å². The third-order valence-electron chi connectivity index (χ3n) is 5.15. The summed E-state index contributed by atoms with van der Waals surface area (Å²) in [5.41, 5.74) is 6.35. The number of hydrogen-bond donors (Lipinski definition) is 1. The fraction of sp³-hybridized carbons (Fsp3) is 0.391. The van der Waals surface area contributed by atoms with Crippen LogP contribution in [-0.4, -0.2) is 10.4 Å². The van der Waals surface area contributed by atoms with E-state index in [1.165, 1.54) is 41.5 Å². The molecule has 1 N–H and O–H groups in total. The van der Waals surface area contributed by atoms with Crippen molar-refractivity contribution in [3.05, 3.63) is 65.0 Å². The van der Waals surface area contributed by atoms with Gasteiger partial charge in [-0.2, -0.15) is 0 Å². The van der Waals surface area contributed by atoms with E-state index in [0.717, 1.165) is 43.0 Å². The van der Waals surface area contributed by atoms with Crippen molar-refractivity contribution in [1.29, 1.82) is 0 Å². The van der Waals surface area contributed by atoms with Gasteiger partial charge in [-0.05, 0) is 90.6 Å². The Morgan fingerprint density at radius 1 is 0.923 bits per heavy atom. The number of benzene rings is 2. The Bertz CT molecular complexity index is 764. The predicted octanol–water partition coefficient (Wildman–Crippen LogP) is 7.12. The van der Waals surface area contributed by atoms with Gasteiger partial charge < -0.3 is 5.11 Å². The lowest BCUT2D eigenvalue weighted by molar-refractivity contribution is 0.474. The van der Waals surface area contributed by atoms with Crippen molar-refractivity contribution in [1.82, 2.24) is 0 Å². The van der Waals surface area contributed by atoms with Crippen molar-refractivity contribution in [2.45, 2.75) is 51.4 Å². The molecule has 0 spiro atoms. The van der Waals surface area contributed by atoms with Crippen molar-refractivity contribution < 1.29 is 9.50 Å². The highest BCUT2D eigenvalue weighted by atomic mass is 79.9. The van der Waals surface area contributed by atoms with Gasteiger partial charge in [-0.15, -0.1) is 0 Å². The number of unbranched alkanes of at least 4 members (excludes halogenated alkanes) is 3. The quantitative estimate of drug-likeness (QED) is 0.376. The van der Waals surface area contributed by atoms with Gasteiger partial charge >= 0.3 is 0 Å². The fourth-order valence-corrected chi connectivity index (χ4v) is 4.25. The number of rotatable bonds is 7. The summed E-state index contributed by atoms with van der Waals surface area (Å²) in [6.07, 6.45) is 8.90. The molecule has 2 aromatic carbocycles. The smallest absolute Gasteiger partial charge is 0.123 e. The summed E-state index contributed by atoms with van der Waals surface area (Å²) in [5, 5.41) is 11.0. The van der Waals surface area contributed by atoms with Crippen molar-refractivity contribution in [2.75, 3.05) is 5.33 Å². The van der Waals surface area contributed by atoms with Gasteiger partial charge in [0, 0.05) is 5.33 Å². The minimum Gasteiger partial charge on any atom is -0.508 e. The van der Waals surface area contributed by atoms with Crippen LogP contribution >= 0.6 is 15.9 Å². The van der Waals surface area contributed by atoms with Gasteiger partial charge in [-0.3, -0.25) is 0 Å². The average molecular weight is 417 g/mol. The van der Waals surface area contributed by atoms with E-state index >= 15 is 0 Å². The topological polar surface area (TPSA) is 20.2 Å². The van der Waals surface area contributed by atoms with Crippen LogP contribution in [0.4, 0.5) is 4.39 Å². The van der Waals surface area contributed by atoms with Crippen LogP contribution < -0.4 is 0 Å². The minimum atomic E-state index is -0.190. The first kappa shape index (κ1) is 19.2. The maximum atomic E-state index is 13.4. The zero-order valence-electron chi connectivity index (χ0n) is 15.1. The third-order valence-corrected chi connectivity index (χ3v) is 5.71. The SMILES string of the molecule is Oc1ccc2c(c1)CCCC(c1ccc(F)cc1)=C2CCCCCCBr. The number of phenolic OH excluding ortho intramolecular Hbond substituents is 1. The van der Waals surface area contributed by atoms with Crippen molar-refractivity contribution in [3.63, 3.8) is 0 Å². The van der Waals surface area contributed by atoms with Crippen molar-refractivity contribution in [2.24, 2.45) is 0 Å². The van der Waals surface area contributed by atoms with Gasteiger partial charge in [0.1, 0.15) is 11.6 Å². The Hall–Kier alpha value is -1.61. The monoisotopic (exact) mass is 416 g/mol. The molecule has 3 heteroatoms. The Balaban J connectivity index is 1.96. The Labute approximate surface area is 164 Å². The largest absolute Gasteiger partial charge is 0.508 e. The molecule has 3 rings (SSSR count). The molecule has 138 valence electrons. The van der Waals surface area contributed by atoms with Gasteiger partial charge in [0.05, 0.1) is 0 Å². The molecule has 0 fully saturated rings. The maximum absolute atomic E-state index is 13.4. The highest BCUT2D eigenvalue weighted by Crippen LogP contribution is 2.39. The number of phenols is 1. The maximum Gasteiger partial charge on any atom is 0.123 e. The molecule has 0 aliphatic heterocycles. The van der Waals surface area contributed by atoms with E-state index in [9.17, 15) is 9.50 Å². The summed E-state index contributed by atoms with van der Waals surface area (Å²) in [6.45, 7) is 0. The van der Waals surface area contributed by atoms with Crippen LogP contribution in [0.3, 0.4) is 0 Å².